The third-order valence-corrected chi connectivity index (χ3v) is 5.43. The average molecular weight is 418 g/mol. The molecular weight excluding hydrogens is 396 g/mol. The summed E-state index contributed by atoms with van der Waals surface area (Å²) < 4.78 is 1.58. The molecule has 3 aromatic rings. The summed E-state index contributed by atoms with van der Waals surface area (Å²) in [5.41, 5.74) is 6.45. The third-order valence-electron chi connectivity index (χ3n) is 5.43. The lowest BCUT2D eigenvalue weighted by Crippen LogP contribution is -2.37. The second-order valence-electron chi connectivity index (χ2n) is 7.71. The summed E-state index contributed by atoms with van der Waals surface area (Å²) in [6, 6.07) is 12.3. The Morgan fingerprint density at radius 1 is 1.29 bits per heavy atom. The Kier molecular flexibility index (Phi) is 5.01. The van der Waals surface area contributed by atoms with Gasteiger partial charge in [0.2, 0.25) is 5.60 Å². The third kappa shape index (κ3) is 3.65. The number of nitrogens with zero attached hydrogens (tertiary/aromatic N) is 3. The van der Waals surface area contributed by atoms with E-state index in [2.05, 4.69) is 16.9 Å². The lowest BCUT2D eigenvalue weighted by atomic mass is 10.0. The first-order chi connectivity index (χ1) is 14.7. The van der Waals surface area contributed by atoms with Crippen molar-refractivity contribution in [2.75, 3.05) is 13.6 Å². The first kappa shape index (κ1) is 20.6. The number of carbonyl (C=O) groups is 2. The van der Waals surface area contributed by atoms with Crippen LogP contribution in [0.4, 0.5) is 0 Å². The minimum absolute atomic E-state index is 0.0999. The fourth-order valence-corrected chi connectivity index (χ4v) is 3.64. The van der Waals surface area contributed by atoms with Gasteiger partial charge in [-0.05, 0) is 42.8 Å². The maximum atomic E-state index is 12.1. The minimum atomic E-state index is -1.68. The van der Waals surface area contributed by atoms with Crippen LogP contribution in [0.3, 0.4) is 0 Å². The fraction of sp³-hybridized carbons (Fsp3) is 0.261. The van der Waals surface area contributed by atoms with Crippen LogP contribution < -0.4 is 5.73 Å². The maximum Gasteiger partial charge on any atom is 0.269 e. The van der Waals surface area contributed by atoms with E-state index < -0.39 is 23.5 Å². The van der Waals surface area contributed by atoms with Gasteiger partial charge in [-0.15, -0.1) is 0 Å². The van der Waals surface area contributed by atoms with Gasteiger partial charge in [0.15, 0.2) is 5.69 Å². The molecule has 158 valence electrons. The van der Waals surface area contributed by atoms with Crippen LogP contribution in [-0.4, -0.2) is 55.9 Å². The molecule has 0 spiro atoms. The summed E-state index contributed by atoms with van der Waals surface area (Å²) in [5.74, 6) is 4.49. The summed E-state index contributed by atoms with van der Waals surface area (Å²) in [6.45, 7) is 2.09. The van der Waals surface area contributed by atoms with Gasteiger partial charge in [0, 0.05) is 31.0 Å². The molecule has 2 unspecified atom stereocenters. The van der Waals surface area contributed by atoms with Gasteiger partial charge in [0.05, 0.1) is 17.3 Å². The summed E-state index contributed by atoms with van der Waals surface area (Å²) in [7, 11) is 1.63. The second-order valence-corrected chi connectivity index (χ2v) is 7.71. The Morgan fingerprint density at radius 3 is 2.71 bits per heavy atom. The molecule has 31 heavy (non-hydrogen) atoms. The van der Waals surface area contributed by atoms with Crippen LogP contribution in [0.1, 0.15) is 41.1 Å². The normalized spacial score (nSPS) is 19.4. The number of aliphatic hydroxyl groups is 2. The zero-order valence-corrected chi connectivity index (χ0v) is 17.2. The fourth-order valence-electron chi connectivity index (χ4n) is 3.64. The van der Waals surface area contributed by atoms with Crippen molar-refractivity contribution in [1.29, 1.82) is 0 Å². The molecule has 1 fully saturated rings. The molecule has 2 atom stereocenters. The van der Waals surface area contributed by atoms with Crippen LogP contribution >= 0.6 is 0 Å². The molecule has 1 aliphatic rings. The number of benzene rings is 2. The lowest BCUT2D eigenvalue weighted by Gasteiger charge is -2.13. The molecule has 1 saturated heterocycles. The number of fused-ring (bicyclic) bond motifs is 1. The van der Waals surface area contributed by atoms with Crippen LogP contribution in [0.5, 0.6) is 0 Å². The largest absolute Gasteiger partial charge is 0.389 e. The van der Waals surface area contributed by atoms with E-state index in [1.54, 1.807) is 61.1 Å². The number of likely N-dealkylation sites (N-methyl/N-ethyl adjacent to an activating group) is 1. The molecule has 2 heterocycles. The molecule has 0 radical (unpaired) electrons. The quantitative estimate of drug-likeness (QED) is 0.551. The van der Waals surface area contributed by atoms with Crippen molar-refractivity contribution >= 4 is 22.7 Å². The van der Waals surface area contributed by atoms with E-state index in [-0.39, 0.29) is 12.1 Å². The van der Waals surface area contributed by atoms with Crippen molar-refractivity contribution in [3.05, 3.63) is 59.3 Å². The Labute approximate surface area is 178 Å². The van der Waals surface area contributed by atoms with Gasteiger partial charge in [-0.25, -0.2) is 4.68 Å². The maximum absolute atomic E-state index is 12.1. The number of likely N-dealkylation sites (tertiary alicyclic amines) is 1. The number of aromatic nitrogens is 2. The molecular formula is C23H22N4O4. The molecule has 8 heteroatoms. The lowest BCUT2D eigenvalue weighted by molar-refractivity contribution is -0.137. The van der Waals surface area contributed by atoms with Gasteiger partial charge in [-0.1, -0.05) is 24.0 Å². The SMILES string of the molecule is CC(O)c1ccc2c(c1)c(C(N)=O)nn2-c1cccc(C#CC2(O)CCN(C)C2=O)c1. The molecule has 2 aromatic carbocycles. The highest BCUT2D eigenvalue weighted by molar-refractivity contribution is 6.04. The number of rotatable bonds is 3. The second kappa shape index (κ2) is 7.54. The van der Waals surface area contributed by atoms with Crippen LogP contribution in [0.25, 0.3) is 16.6 Å². The Hall–Kier alpha value is -3.67. The van der Waals surface area contributed by atoms with Crippen molar-refractivity contribution < 1.29 is 19.8 Å². The first-order valence-electron chi connectivity index (χ1n) is 9.82. The van der Waals surface area contributed by atoms with Crippen molar-refractivity contribution in [2.45, 2.75) is 25.0 Å². The van der Waals surface area contributed by atoms with Crippen molar-refractivity contribution in [2.24, 2.45) is 5.73 Å². The Balaban J connectivity index is 1.78. The number of hydrogen-bond acceptors (Lipinski definition) is 5. The number of amides is 2. The molecule has 0 aliphatic carbocycles. The van der Waals surface area contributed by atoms with Gasteiger partial charge in [-0.3, -0.25) is 9.59 Å². The number of carbonyl (C=O) groups excluding carboxylic acids is 2. The van der Waals surface area contributed by atoms with Gasteiger partial charge >= 0.3 is 0 Å². The Bertz CT molecular complexity index is 1270. The molecule has 0 saturated carbocycles. The van der Waals surface area contributed by atoms with Crippen molar-refractivity contribution in [3.63, 3.8) is 0 Å². The van der Waals surface area contributed by atoms with E-state index in [4.69, 9.17) is 5.73 Å². The molecule has 4 N–H and O–H groups in total. The summed E-state index contributed by atoms with van der Waals surface area (Å²) in [4.78, 5) is 25.5. The van der Waals surface area contributed by atoms with Crippen molar-refractivity contribution in [1.82, 2.24) is 14.7 Å². The van der Waals surface area contributed by atoms with Crippen LogP contribution in [0.15, 0.2) is 42.5 Å². The summed E-state index contributed by atoms with van der Waals surface area (Å²) >= 11 is 0. The van der Waals surface area contributed by atoms with Crippen molar-refractivity contribution in [3.8, 4) is 17.5 Å². The molecule has 1 aliphatic heterocycles. The van der Waals surface area contributed by atoms with Crippen LogP contribution in [-0.2, 0) is 4.79 Å². The number of primary amides is 1. The van der Waals surface area contributed by atoms with E-state index in [0.717, 1.165) is 0 Å². The van der Waals surface area contributed by atoms with E-state index >= 15 is 0 Å². The summed E-state index contributed by atoms with van der Waals surface area (Å²) in [5, 5.41) is 25.3. The number of nitrogens with two attached hydrogens (primary N) is 1. The highest BCUT2D eigenvalue weighted by Gasteiger charge is 2.42. The predicted octanol–water partition coefficient (Wildman–Crippen LogP) is 1.12. The van der Waals surface area contributed by atoms with E-state index in [0.29, 0.717) is 34.3 Å². The monoisotopic (exact) mass is 418 g/mol. The number of aliphatic hydroxyl groups excluding tert-OH is 1. The first-order valence-corrected chi connectivity index (χ1v) is 9.82. The zero-order valence-electron chi connectivity index (χ0n) is 17.2. The predicted molar refractivity (Wildman–Crippen MR) is 114 cm³/mol. The topological polar surface area (TPSA) is 122 Å². The van der Waals surface area contributed by atoms with Gasteiger partial charge in [0.1, 0.15) is 0 Å². The number of hydrogen-bond donors (Lipinski definition) is 3. The van der Waals surface area contributed by atoms with E-state index in [1.807, 2.05) is 0 Å². The highest BCUT2D eigenvalue weighted by atomic mass is 16.3. The minimum Gasteiger partial charge on any atom is -0.389 e. The van der Waals surface area contributed by atoms with Crippen LogP contribution in [0, 0.1) is 11.8 Å². The zero-order chi connectivity index (χ0) is 22.3. The van der Waals surface area contributed by atoms with Gasteiger partial charge < -0.3 is 20.8 Å². The standard InChI is InChI=1S/C23H22N4O4/c1-14(28)16-6-7-19-18(13-16)20(21(24)29)25-27(19)17-5-3-4-15(12-17)8-9-23(31)10-11-26(2)22(23)30/h3-7,12-14,28,31H,10-11H2,1-2H3,(H2,24,29). The molecule has 8 nitrogen and oxygen atoms in total. The average Bonchev–Trinajstić information content (AvgIpc) is 3.26. The Morgan fingerprint density at radius 2 is 2.06 bits per heavy atom. The van der Waals surface area contributed by atoms with E-state index in [1.165, 1.54) is 4.90 Å². The van der Waals surface area contributed by atoms with Crippen LogP contribution in [0.2, 0.25) is 0 Å². The molecule has 4 rings (SSSR count). The molecule has 1 aromatic heterocycles. The summed E-state index contributed by atoms with van der Waals surface area (Å²) in [6.07, 6.45) is -0.443. The van der Waals surface area contributed by atoms with Gasteiger partial charge in [-0.2, -0.15) is 5.10 Å². The molecule has 2 amide bonds. The van der Waals surface area contributed by atoms with Gasteiger partial charge in [0.25, 0.3) is 11.8 Å². The van der Waals surface area contributed by atoms with E-state index in [9.17, 15) is 19.8 Å². The highest BCUT2D eigenvalue weighted by Crippen LogP contribution is 2.26. The smallest absolute Gasteiger partial charge is 0.269 e. The molecule has 0 bridgehead atoms.